The maximum Gasteiger partial charge on any atom is 0.280 e. The molecule has 2 aliphatic rings. The summed E-state index contributed by atoms with van der Waals surface area (Å²) in [5.74, 6) is -0.605. The zero-order valence-corrected chi connectivity index (χ0v) is 18.4. The zero-order valence-electron chi connectivity index (χ0n) is 18.4. The summed E-state index contributed by atoms with van der Waals surface area (Å²) in [6.07, 6.45) is 9.32. The summed E-state index contributed by atoms with van der Waals surface area (Å²) in [5.41, 5.74) is 2.04. The van der Waals surface area contributed by atoms with Gasteiger partial charge in [-0.1, -0.05) is 50.6 Å². The van der Waals surface area contributed by atoms with Crippen molar-refractivity contribution in [3.63, 3.8) is 0 Å². The molecule has 166 valence electrons. The van der Waals surface area contributed by atoms with Crippen LogP contribution in [0.2, 0.25) is 0 Å². The van der Waals surface area contributed by atoms with Crippen molar-refractivity contribution in [3.8, 4) is 0 Å². The predicted octanol–water partition coefficient (Wildman–Crippen LogP) is 3.71. The van der Waals surface area contributed by atoms with Crippen LogP contribution in [-0.4, -0.2) is 33.4 Å². The van der Waals surface area contributed by atoms with Crippen molar-refractivity contribution in [2.75, 3.05) is 6.61 Å². The molecule has 3 rings (SSSR count). The number of nitrogens with zero attached hydrogens (tertiary/aromatic N) is 2. The summed E-state index contributed by atoms with van der Waals surface area (Å²) in [5, 5.41) is 16.8. The number of nitrogens with one attached hydrogen (secondary N) is 1. The molecule has 7 heteroatoms. The van der Waals surface area contributed by atoms with Crippen LogP contribution in [0.1, 0.15) is 62.6 Å². The van der Waals surface area contributed by atoms with E-state index in [-0.39, 0.29) is 30.3 Å². The Morgan fingerprint density at radius 1 is 1.32 bits per heavy atom. The van der Waals surface area contributed by atoms with Gasteiger partial charge in [-0.15, -0.1) is 0 Å². The van der Waals surface area contributed by atoms with Gasteiger partial charge >= 0.3 is 0 Å². The van der Waals surface area contributed by atoms with E-state index in [1.807, 2.05) is 26.0 Å². The standard InChI is InChI=1S/C24H30FN3O3/c1-14(2)22(13-29)26-23(30)20-12-21(17-9-8-15(3)16(4)10-17)27-28(24(20)31)19-7-5-6-18(25)11-19/h5-9,12,14,16,19,22,29H,10-11,13H2,1-4H3,(H,26,30). The van der Waals surface area contributed by atoms with Gasteiger partial charge in [-0.3, -0.25) is 9.59 Å². The van der Waals surface area contributed by atoms with Crippen LogP contribution in [-0.2, 0) is 0 Å². The van der Waals surface area contributed by atoms with Crippen LogP contribution in [0.15, 0.2) is 52.6 Å². The molecule has 0 fully saturated rings. The number of carbonyl (C=O) groups is 1. The second-order valence-electron chi connectivity index (χ2n) is 8.68. The monoisotopic (exact) mass is 427 g/mol. The first-order chi connectivity index (χ1) is 14.7. The quantitative estimate of drug-likeness (QED) is 0.725. The topological polar surface area (TPSA) is 84.2 Å². The van der Waals surface area contributed by atoms with Crippen molar-refractivity contribution in [3.05, 3.63) is 69.5 Å². The molecule has 31 heavy (non-hydrogen) atoms. The highest BCUT2D eigenvalue weighted by Crippen LogP contribution is 2.30. The molecule has 3 atom stereocenters. The molecule has 0 aliphatic heterocycles. The highest BCUT2D eigenvalue weighted by molar-refractivity contribution is 5.94. The van der Waals surface area contributed by atoms with Gasteiger partial charge in [0, 0.05) is 6.42 Å². The molecular weight excluding hydrogens is 397 g/mol. The molecule has 3 unspecified atom stereocenters. The Labute approximate surface area is 181 Å². The molecule has 0 spiro atoms. The van der Waals surface area contributed by atoms with E-state index in [4.69, 9.17) is 0 Å². The van der Waals surface area contributed by atoms with Crippen LogP contribution in [0.25, 0.3) is 5.57 Å². The Kier molecular flexibility index (Phi) is 7.05. The molecular formula is C24H30FN3O3. The summed E-state index contributed by atoms with van der Waals surface area (Å²) in [7, 11) is 0. The number of allylic oxidation sites excluding steroid dienone is 8. The average molecular weight is 428 g/mol. The number of aromatic nitrogens is 2. The van der Waals surface area contributed by atoms with Gasteiger partial charge in [-0.2, -0.15) is 5.10 Å². The molecule has 1 heterocycles. The Morgan fingerprint density at radius 3 is 2.68 bits per heavy atom. The van der Waals surface area contributed by atoms with E-state index in [9.17, 15) is 19.1 Å². The summed E-state index contributed by atoms with van der Waals surface area (Å²) in [6, 6.07) is 0.419. The van der Waals surface area contributed by atoms with Gasteiger partial charge < -0.3 is 10.4 Å². The van der Waals surface area contributed by atoms with Crippen LogP contribution in [0.5, 0.6) is 0 Å². The molecule has 0 saturated heterocycles. The van der Waals surface area contributed by atoms with Crippen LogP contribution in [0, 0.1) is 11.8 Å². The zero-order chi connectivity index (χ0) is 22.7. The van der Waals surface area contributed by atoms with Gasteiger partial charge in [0.05, 0.1) is 24.4 Å². The second-order valence-corrected chi connectivity index (χ2v) is 8.68. The average Bonchev–Trinajstić information content (AvgIpc) is 2.73. The molecule has 0 saturated carbocycles. The fraction of sp³-hybridized carbons (Fsp3) is 0.458. The van der Waals surface area contributed by atoms with E-state index in [0.717, 1.165) is 12.0 Å². The van der Waals surface area contributed by atoms with E-state index in [0.29, 0.717) is 11.6 Å². The first-order valence-corrected chi connectivity index (χ1v) is 10.7. The fourth-order valence-electron chi connectivity index (χ4n) is 3.66. The van der Waals surface area contributed by atoms with Crippen molar-refractivity contribution in [2.24, 2.45) is 11.8 Å². The van der Waals surface area contributed by atoms with Gasteiger partial charge in [-0.05, 0) is 42.9 Å². The Balaban J connectivity index is 2.08. The van der Waals surface area contributed by atoms with E-state index in [1.165, 1.54) is 22.4 Å². The number of amides is 1. The minimum Gasteiger partial charge on any atom is -0.394 e. The molecule has 6 nitrogen and oxygen atoms in total. The van der Waals surface area contributed by atoms with Crippen LogP contribution >= 0.6 is 0 Å². The largest absolute Gasteiger partial charge is 0.394 e. The van der Waals surface area contributed by atoms with Gasteiger partial charge in [-0.25, -0.2) is 9.07 Å². The molecule has 0 radical (unpaired) electrons. The third-order valence-electron chi connectivity index (χ3n) is 6.01. The third kappa shape index (κ3) is 5.10. The van der Waals surface area contributed by atoms with E-state index in [1.54, 1.807) is 12.2 Å². The predicted molar refractivity (Wildman–Crippen MR) is 119 cm³/mol. The summed E-state index contributed by atoms with van der Waals surface area (Å²) in [6.45, 7) is 7.70. The van der Waals surface area contributed by atoms with Gasteiger partial charge in [0.25, 0.3) is 11.5 Å². The lowest BCUT2D eigenvalue weighted by Gasteiger charge is -2.23. The van der Waals surface area contributed by atoms with Gasteiger partial charge in [0.15, 0.2) is 0 Å². The molecule has 2 N–H and O–H groups in total. The minimum absolute atomic E-state index is 0.00647. The summed E-state index contributed by atoms with van der Waals surface area (Å²) < 4.78 is 15.1. The molecule has 1 amide bonds. The third-order valence-corrected chi connectivity index (χ3v) is 6.01. The SMILES string of the molecule is CC1=CC=C(c2cc(C(=O)NC(CO)C(C)C)c(=O)n(C3C=CC=C(F)C3)n2)CC1C. The number of halogens is 1. The lowest BCUT2D eigenvalue weighted by molar-refractivity contribution is 0.0894. The fourth-order valence-corrected chi connectivity index (χ4v) is 3.66. The smallest absolute Gasteiger partial charge is 0.280 e. The van der Waals surface area contributed by atoms with E-state index < -0.39 is 23.6 Å². The number of hydrogen-bond donors (Lipinski definition) is 2. The van der Waals surface area contributed by atoms with Crippen LogP contribution in [0.3, 0.4) is 0 Å². The summed E-state index contributed by atoms with van der Waals surface area (Å²) >= 11 is 0. The van der Waals surface area contributed by atoms with Gasteiger partial charge in [0.1, 0.15) is 11.4 Å². The maximum absolute atomic E-state index is 13.9. The number of aliphatic hydroxyl groups is 1. The van der Waals surface area contributed by atoms with Gasteiger partial charge in [0.2, 0.25) is 0 Å². The van der Waals surface area contributed by atoms with Crippen molar-refractivity contribution < 1.29 is 14.3 Å². The molecule has 0 aromatic carbocycles. The van der Waals surface area contributed by atoms with Crippen molar-refractivity contribution >= 4 is 11.5 Å². The Hall–Kier alpha value is -2.80. The van der Waals surface area contributed by atoms with E-state index in [2.05, 4.69) is 24.3 Å². The molecule has 2 aliphatic carbocycles. The number of carbonyl (C=O) groups excluding carboxylic acids is 1. The maximum atomic E-state index is 13.9. The highest BCUT2D eigenvalue weighted by atomic mass is 19.1. The molecule has 1 aromatic rings. The molecule has 1 aromatic heterocycles. The lowest BCUT2D eigenvalue weighted by atomic mass is 9.88. The molecule has 0 bridgehead atoms. The number of aliphatic hydroxyl groups excluding tert-OH is 1. The minimum atomic E-state index is -0.610. The highest BCUT2D eigenvalue weighted by Gasteiger charge is 2.25. The van der Waals surface area contributed by atoms with Crippen molar-refractivity contribution in [2.45, 2.75) is 52.6 Å². The lowest BCUT2D eigenvalue weighted by Crippen LogP contribution is -2.44. The van der Waals surface area contributed by atoms with Crippen molar-refractivity contribution in [1.82, 2.24) is 15.1 Å². The van der Waals surface area contributed by atoms with Crippen LogP contribution < -0.4 is 10.9 Å². The summed E-state index contributed by atoms with van der Waals surface area (Å²) in [4.78, 5) is 26.2. The Bertz CT molecular complexity index is 1030. The van der Waals surface area contributed by atoms with E-state index >= 15 is 0 Å². The first kappa shape index (κ1) is 22.9. The number of rotatable bonds is 6. The van der Waals surface area contributed by atoms with Crippen molar-refractivity contribution in [1.29, 1.82) is 0 Å². The number of hydrogen-bond acceptors (Lipinski definition) is 4. The van der Waals surface area contributed by atoms with Crippen LogP contribution in [0.4, 0.5) is 4.39 Å². The second kappa shape index (κ2) is 9.56. The Morgan fingerprint density at radius 2 is 2.06 bits per heavy atom. The first-order valence-electron chi connectivity index (χ1n) is 10.7. The normalized spacial score (nSPS) is 22.0.